The summed E-state index contributed by atoms with van der Waals surface area (Å²) in [5.74, 6) is 0.916. The van der Waals surface area contributed by atoms with Gasteiger partial charge < -0.3 is 10.6 Å². The van der Waals surface area contributed by atoms with Crippen LogP contribution in [0.1, 0.15) is 12.6 Å². The molecule has 0 spiro atoms. The number of hydrogen-bond acceptors (Lipinski definition) is 4. The van der Waals surface area contributed by atoms with Crippen LogP contribution in [0.4, 0.5) is 4.79 Å². The summed E-state index contributed by atoms with van der Waals surface area (Å²) in [4.78, 5) is 11.3. The number of carbonyl (C=O) groups is 1. The molecule has 0 radical (unpaired) electrons. The van der Waals surface area contributed by atoms with E-state index in [1.165, 1.54) is 0 Å². The molecule has 90 valence electrons. The largest absolute Gasteiger partial charge is 0.337 e. The number of nitrogens with zero attached hydrogens (tertiary/aromatic N) is 3. The van der Waals surface area contributed by atoms with Gasteiger partial charge >= 0.3 is 6.03 Å². The third-order valence-corrected chi connectivity index (χ3v) is 2.54. The van der Waals surface area contributed by atoms with Gasteiger partial charge in [0.05, 0.1) is 12.7 Å². The van der Waals surface area contributed by atoms with Gasteiger partial charge in [0.2, 0.25) is 0 Å². The predicted molar refractivity (Wildman–Crippen MR) is 64.3 cm³/mol. The number of aryl methyl sites for hydroxylation is 1. The van der Waals surface area contributed by atoms with Crippen molar-refractivity contribution in [1.29, 1.82) is 0 Å². The molecule has 2 N–H and O–H groups in total. The van der Waals surface area contributed by atoms with E-state index in [1.54, 1.807) is 16.4 Å². The van der Waals surface area contributed by atoms with E-state index in [2.05, 4.69) is 20.9 Å². The minimum absolute atomic E-state index is 0.167. The molecule has 1 rings (SSSR count). The fourth-order valence-electron chi connectivity index (χ4n) is 1.07. The zero-order chi connectivity index (χ0) is 11.8. The van der Waals surface area contributed by atoms with E-state index in [-0.39, 0.29) is 6.03 Å². The molecular weight excluding hydrogens is 226 g/mol. The lowest BCUT2D eigenvalue weighted by Crippen LogP contribution is -2.36. The first-order chi connectivity index (χ1) is 7.76. The van der Waals surface area contributed by atoms with Gasteiger partial charge in [0.15, 0.2) is 0 Å². The van der Waals surface area contributed by atoms with Crippen molar-refractivity contribution in [3.05, 3.63) is 11.9 Å². The molecule has 0 saturated heterocycles. The lowest BCUT2D eigenvalue weighted by atomic mass is 10.5. The zero-order valence-electron chi connectivity index (χ0n) is 9.56. The highest BCUT2D eigenvalue weighted by Gasteiger charge is 2.02. The quantitative estimate of drug-likeness (QED) is 0.712. The molecule has 0 aliphatic heterocycles. The van der Waals surface area contributed by atoms with Crippen molar-refractivity contribution in [2.24, 2.45) is 0 Å². The second-order valence-corrected chi connectivity index (χ2v) is 4.15. The van der Waals surface area contributed by atoms with Crippen LogP contribution < -0.4 is 10.6 Å². The lowest BCUT2D eigenvalue weighted by Gasteiger charge is -2.04. The van der Waals surface area contributed by atoms with Crippen LogP contribution >= 0.6 is 11.8 Å². The van der Waals surface area contributed by atoms with Crippen LogP contribution in [0.2, 0.25) is 0 Å². The first-order valence-corrected chi connectivity index (χ1v) is 6.55. The Bertz CT molecular complexity index is 327. The second kappa shape index (κ2) is 7.10. The van der Waals surface area contributed by atoms with Crippen molar-refractivity contribution < 1.29 is 4.79 Å². The fourth-order valence-corrected chi connectivity index (χ4v) is 1.38. The molecule has 1 aromatic rings. The van der Waals surface area contributed by atoms with Crippen LogP contribution in [0.25, 0.3) is 0 Å². The summed E-state index contributed by atoms with van der Waals surface area (Å²) >= 11 is 1.70. The number of nitrogens with one attached hydrogen (secondary N) is 2. The van der Waals surface area contributed by atoms with Gasteiger partial charge in [-0.1, -0.05) is 5.21 Å². The van der Waals surface area contributed by atoms with E-state index in [0.29, 0.717) is 13.1 Å². The summed E-state index contributed by atoms with van der Waals surface area (Å²) < 4.78 is 1.72. The van der Waals surface area contributed by atoms with Crippen molar-refractivity contribution >= 4 is 17.8 Å². The van der Waals surface area contributed by atoms with Gasteiger partial charge in [-0.25, -0.2) is 4.79 Å². The Morgan fingerprint density at radius 1 is 1.56 bits per heavy atom. The van der Waals surface area contributed by atoms with E-state index in [0.717, 1.165) is 18.0 Å². The molecular formula is C9H17N5OS. The summed E-state index contributed by atoms with van der Waals surface area (Å²) in [6.07, 6.45) is 3.82. The molecule has 0 aromatic carbocycles. The van der Waals surface area contributed by atoms with E-state index < -0.39 is 0 Å². The topological polar surface area (TPSA) is 71.8 Å². The van der Waals surface area contributed by atoms with Crippen LogP contribution in [-0.2, 0) is 13.1 Å². The Morgan fingerprint density at radius 2 is 2.38 bits per heavy atom. The minimum atomic E-state index is -0.167. The van der Waals surface area contributed by atoms with Crippen molar-refractivity contribution in [3.63, 3.8) is 0 Å². The summed E-state index contributed by atoms with van der Waals surface area (Å²) in [5, 5.41) is 13.3. The minimum Gasteiger partial charge on any atom is -0.337 e. The summed E-state index contributed by atoms with van der Waals surface area (Å²) in [7, 11) is 0. The molecule has 0 fully saturated rings. The average molecular weight is 243 g/mol. The van der Waals surface area contributed by atoms with Crippen molar-refractivity contribution in [2.75, 3.05) is 18.6 Å². The smallest absolute Gasteiger partial charge is 0.315 e. The van der Waals surface area contributed by atoms with Crippen molar-refractivity contribution in [1.82, 2.24) is 25.6 Å². The lowest BCUT2D eigenvalue weighted by molar-refractivity contribution is 0.241. The standard InChI is InChI=1S/C9H17N5OS/c1-3-14-7-8(12-13-14)6-11-9(15)10-4-5-16-2/h7H,3-6H2,1-2H3,(H2,10,11,15). The van der Waals surface area contributed by atoms with E-state index >= 15 is 0 Å². The number of amides is 2. The molecule has 2 amide bonds. The number of aromatic nitrogens is 3. The maximum absolute atomic E-state index is 11.3. The van der Waals surface area contributed by atoms with Crippen molar-refractivity contribution in [2.45, 2.75) is 20.0 Å². The van der Waals surface area contributed by atoms with Crippen LogP contribution in [0.3, 0.4) is 0 Å². The highest BCUT2D eigenvalue weighted by atomic mass is 32.2. The van der Waals surface area contributed by atoms with Crippen LogP contribution in [0.15, 0.2) is 6.20 Å². The summed E-state index contributed by atoms with van der Waals surface area (Å²) in [5.41, 5.74) is 0.766. The van der Waals surface area contributed by atoms with E-state index in [4.69, 9.17) is 0 Å². The van der Waals surface area contributed by atoms with E-state index in [1.807, 2.05) is 19.4 Å². The van der Waals surface area contributed by atoms with Crippen LogP contribution in [0.5, 0.6) is 0 Å². The highest BCUT2D eigenvalue weighted by molar-refractivity contribution is 7.98. The molecule has 0 atom stereocenters. The predicted octanol–water partition coefficient (Wildman–Crippen LogP) is 0.460. The maximum atomic E-state index is 11.3. The SMILES string of the molecule is CCn1cc(CNC(=O)NCCSC)nn1. The molecule has 0 saturated carbocycles. The Morgan fingerprint density at radius 3 is 3.00 bits per heavy atom. The first-order valence-electron chi connectivity index (χ1n) is 5.16. The maximum Gasteiger partial charge on any atom is 0.315 e. The van der Waals surface area contributed by atoms with Gasteiger partial charge in [0.1, 0.15) is 5.69 Å². The highest BCUT2D eigenvalue weighted by Crippen LogP contribution is 1.92. The molecule has 6 nitrogen and oxygen atoms in total. The Kier molecular flexibility index (Phi) is 5.69. The van der Waals surface area contributed by atoms with Gasteiger partial charge in [-0.15, -0.1) is 5.10 Å². The van der Waals surface area contributed by atoms with Gasteiger partial charge in [-0.2, -0.15) is 11.8 Å². The number of thioether (sulfide) groups is 1. The number of hydrogen-bond donors (Lipinski definition) is 2. The third-order valence-electron chi connectivity index (χ3n) is 1.93. The normalized spacial score (nSPS) is 10.1. The number of rotatable bonds is 6. The Hall–Kier alpha value is -1.24. The van der Waals surface area contributed by atoms with Gasteiger partial charge in [0, 0.05) is 18.8 Å². The van der Waals surface area contributed by atoms with Crippen LogP contribution in [0, 0.1) is 0 Å². The summed E-state index contributed by atoms with van der Waals surface area (Å²) in [6, 6.07) is -0.167. The van der Waals surface area contributed by atoms with Gasteiger partial charge in [-0.3, -0.25) is 4.68 Å². The number of urea groups is 1. The molecule has 0 unspecified atom stereocenters. The zero-order valence-corrected chi connectivity index (χ0v) is 10.4. The second-order valence-electron chi connectivity index (χ2n) is 3.17. The van der Waals surface area contributed by atoms with Crippen LogP contribution in [-0.4, -0.2) is 39.6 Å². The average Bonchev–Trinajstić information content (AvgIpc) is 2.74. The number of carbonyl (C=O) groups excluding carboxylic acids is 1. The van der Waals surface area contributed by atoms with Gasteiger partial charge in [-0.05, 0) is 13.2 Å². The third kappa shape index (κ3) is 4.52. The molecule has 0 bridgehead atoms. The molecule has 1 aromatic heterocycles. The molecule has 1 heterocycles. The fraction of sp³-hybridized carbons (Fsp3) is 0.667. The molecule has 0 aliphatic carbocycles. The monoisotopic (exact) mass is 243 g/mol. The van der Waals surface area contributed by atoms with Crippen molar-refractivity contribution in [3.8, 4) is 0 Å². The summed E-state index contributed by atoms with van der Waals surface area (Å²) in [6.45, 7) is 3.85. The Labute approximate surface area is 99.2 Å². The first kappa shape index (κ1) is 12.8. The molecule has 0 aliphatic rings. The molecule has 7 heteroatoms. The Balaban J connectivity index is 2.20. The molecule has 16 heavy (non-hydrogen) atoms. The van der Waals surface area contributed by atoms with Gasteiger partial charge in [0.25, 0.3) is 0 Å². The van der Waals surface area contributed by atoms with E-state index in [9.17, 15) is 4.79 Å².